The molecule has 176 valence electrons. The van der Waals surface area contributed by atoms with E-state index in [2.05, 4.69) is 15.3 Å². The Bertz CT molecular complexity index is 1210. The van der Waals surface area contributed by atoms with Crippen molar-refractivity contribution in [3.8, 4) is 0 Å². The SMILES string of the molecule is CCn1c(C(F)F)nc2sc(N3CCCC3C(=O)NCc3ccc(N(C)C)cc3)nc2c1=O. The number of amides is 1. The first-order valence-electron chi connectivity index (χ1n) is 10.8. The molecule has 1 aromatic carbocycles. The first-order chi connectivity index (χ1) is 15.8. The maximum atomic E-state index is 13.4. The van der Waals surface area contributed by atoms with E-state index in [0.717, 1.165) is 33.6 Å². The van der Waals surface area contributed by atoms with Crippen LogP contribution in [-0.2, 0) is 17.9 Å². The minimum atomic E-state index is -2.86. The molecule has 1 aliphatic rings. The molecule has 1 N–H and O–H groups in total. The standard InChI is InChI=1S/C22H26F2N6O2S/c1-4-29-18(17(23)24)27-20-16(21(29)32)26-22(33-20)30-11-5-6-15(30)19(31)25-12-13-7-9-14(10-8-13)28(2)3/h7-10,15,17H,4-6,11-12H2,1-3H3,(H,25,31). The van der Waals surface area contributed by atoms with Gasteiger partial charge in [0.2, 0.25) is 5.91 Å². The zero-order chi connectivity index (χ0) is 23.7. The number of halogens is 2. The van der Waals surface area contributed by atoms with Gasteiger partial charge >= 0.3 is 0 Å². The molecule has 1 atom stereocenters. The average molecular weight is 477 g/mol. The highest BCUT2D eigenvalue weighted by atomic mass is 32.1. The molecule has 11 heteroatoms. The first kappa shape index (κ1) is 23.1. The minimum Gasteiger partial charge on any atom is -0.378 e. The molecular weight excluding hydrogens is 450 g/mol. The number of nitrogens with zero attached hydrogens (tertiary/aromatic N) is 5. The van der Waals surface area contributed by atoms with Crippen molar-refractivity contribution in [2.24, 2.45) is 0 Å². The topological polar surface area (TPSA) is 83.4 Å². The third-order valence-corrected chi connectivity index (χ3v) is 6.76. The lowest BCUT2D eigenvalue weighted by molar-refractivity contribution is -0.122. The highest BCUT2D eigenvalue weighted by molar-refractivity contribution is 7.21. The minimum absolute atomic E-state index is 0.0632. The van der Waals surface area contributed by atoms with Crippen molar-refractivity contribution >= 4 is 38.4 Å². The van der Waals surface area contributed by atoms with E-state index in [4.69, 9.17) is 0 Å². The fraction of sp³-hybridized carbons (Fsp3) is 0.455. The number of hydrogen-bond acceptors (Lipinski definition) is 7. The fourth-order valence-corrected chi connectivity index (χ4v) is 5.01. The van der Waals surface area contributed by atoms with E-state index in [1.54, 1.807) is 6.92 Å². The fourth-order valence-electron chi connectivity index (χ4n) is 3.99. The molecule has 4 rings (SSSR count). The van der Waals surface area contributed by atoms with Crippen molar-refractivity contribution in [1.29, 1.82) is 0 Å². The van der Waals surface area contributed by atoms with E-state index in [0.29, 0.717) is 24.6 Å². The number of benzene rings is 1. The van der Waals surface area contributed by atoms with Crippen LogP contribution in [0.5, 0.6) is 0 Å². The number of hydrogen-bond donors (Lipinski definition) is 1. The molecule has 33 heavy (non-hydrogen) atoms. The Balaban J connectivity index is 1.53. The van der Waals surface area contributed by atoms with E-state index >= 15 is 0 Å². The van der Waals surface area contributed by atoms with Gasteiger partial charge in [-0.3, -0.25) is 14.2 Å². The summed E-state index contributed by atoms with van der Waals surface area (Å²) in [4.78, 5) is 38.0. The monoisotopic (exact) mass is 476 g/mol. The van der Waals surface area contributed by atoms with Crippen molar-refractivity contribution in [3.05, 3.63) is 46.0 Å². The Labute approximate surface area is 193 Å². The molecule has 2 aromatic heterocycles. The van der Waals surface area contributed by atoms with Crippen LogP contribution in [0.1, 0.15) is 37.6 Å². The van der Waals surface area contributed by atoms with Crippen LogP contribution in [0.15, 0.2) is 29.1 Å². The lowest BCUT2D eigenvalue weighted by atomic mass is 10.1. The van der Waals surface area contributed by atoms with Gasteiger partial charge < -0.3 is 15.1 Å². The molecule has 8 nitrogen and oxygen atoms in total. The van der Waals surface area contributed by atoms with Gasteiger partial charge in [0.15, 0.2) is 21.3 Å². The third-order valence-electron chi connectivity index (χ3n) is 5.77. The highest BCUT2D eigenvalue weighted by Crippen LogP contribution is 2.32. The Morgan fingerprint density at radius 3 is 2.64 bits per heavy atom. The molecule has 0 spiro atoms. The Morgan fingerprint density at radius 1 is 1.27 bits per heavy atom. The summed E-state index contributed by atoms with van der Waals surface area (Å²) in [5.74, 6) is -0.683. The second-order valence-electron chi connectivity index (χ2n) is 8.10. The summed E-state index contributed by atoms with van der Waals surface area (Å²) >= 11 is 1.07. The molecule has 1 unspecified atom stereocenters. The van der Waals surface area contributed by atoms with Crippen molar-refractivity contribution < 1.29 is 13.6 Å². The van der Waals surface area contributed by atoms with Crippen LogP contribution in [0.3, 0.4) is 0 Å². The second-order valence-corrected chi connectivity index (χ2v) is 9.06. The summed E-state index contributed by atoms with van der Waals surface area (Å²) < 4.78 is 27.7. The molecule has 1 saturated heterocycles. The molecule has 1 fully saturated rings. The van der Waals surface area contributed by atoms with Crippen molar-refractivity contribution in [1.82, 2.24) is 19.9 Å². The lowest BCUT2D eigenvalue weighted by Crippen LogP contribution is -2.43. The number of rotatable bonds is 7. The van der Waals surface area contributed by atoms with Gasteiger partial charge in [0.1, 0.15) is 6.04 Å². The van der Waals surface area contributed by atoms with Gasteiger partial charge in [0, 0.05) is 39.4 Å². The highest BCUT2D eigenvalue weighted by Gasteiger charge is 2.33. The molecule has 3 heterocycles. The van der Waals surface area contributed by atoms with E-state index in [1.165, 1.54) is 0 Å². The third kappa shape index (κ3) is 4.54. The van der Waals surface area contributed by atoms with E-state index in [1.807, 2.05) is 48.2 Å². The zero-order valence-corrected chi connectivity index (χ0v) is 19.5. The molecule has 0 radical (unpaired) electrons. The zero-order valence-electron chi connectivity index (χ0n) is 18.7. The number of carbonyl (C=O) groups is 1. The number of anilines is 2. The van der Waals surface area contributed by atoms with E-state index in [-0.39, 0.29) is 22.8 Å². The molecule has 0 saturated carbocycles. The molecule has 1 aliphatic heterocycles. The van der Waals surface area contributed by atoms with Gasteiger partial charge in [0.25, 0.3) is 12.0 Å². The van der Waals surface area contributed by atoms with Crippen LogP contribution >= 0.6 is 11.3 Å². The molecule has 0 aliphatic carbocycles. The smallest absolute Gasteiger partial charge is 0.295 e. The van der Waals surface area contributed by atoms with Crippen LogP contribution in [0.2, 0.25) is 0 Å². The van der Waals surface area contributed by atoms with Gasteiger partial charge in [0.05, 0.1) is 0 Å². The number of thiazole rings is 1. The van der Waals surface area contributed by atoms with E-state index < -0.39 is 23.9 Å². The predicted octanol–water partition coefficient (Wildman–Crippen LogP) is 3.16. The Kier molecular flexibility index (Phi) is 6.59. The van der Waals surface area contributed by atoms with Crippen LogP contribution in [0.4, 0.5) is 19.6 Å². The van der Waals surface area contributed by atoms with Crippen LogP contribution in [0, 0.1) is 0 Å². The first-order valence-corrected chi connectivity index (χ1v) is 11.6. The van der Waals surface area contributed by atoms with Crippen LogP contribution in [-0.4, -0.2) is 47.1 Å². The maximum Gasteiger partial charge on any atom is 0.295 e. The summed E-state index contributed by atoms with van der Waals surface area (Å²) in [6, 6.07) is 7.50. The summed E-state index contributed by atoms with van der Waals surface area (Å²) in [5, 5.41) is 3.43. The summed E-state index contributed by atoms with van der Waals surface area (Å²) in [6.45, 7) is 2.69. The predicted molar refractivity (Wildman–Crippen MR) is 125 cm³/mol. The van der Waals surface area contributed by atoms with Gasteiger partial charge in [-0.25, -0.2) is 18.7 Å². The maximum absolute atomic E-state index is 13.4. The number of aromatic nitrogens is 3. The Hall–Kier alpha value is -3.08. The van der Waals surface area contributed by atoms with E-state index in [9.17, 15) is 18.4 Å². The van der Waals surface area contributed by atoms with Crippen molar-refractivity contribution in [2.45, 2.75) is 45.3 Å². The number of carbonyl (C=O) groups excluding carboxylic acids is 1. The van der Waals surface area contributed by atoms with Crippen LogP contribution in [0.25, 0.3) is 10.3 Å². The summed E-state index contributed by atoms with van der Waals surface area (Å²) in [7, 11) is 3.93. The summed E-state index contributed by atoms with van der Waals surface area (Å²) in [6.07, 6.45) is -1.42. The number of alkyl halides is 2. The lowest BCUT2D eigenvalue weighted by Gasteiger charge is -2.23. The molecule has 3 aromatic rings. The molecular formula is C22H26F2N6O2S. The van der Waals surface area contributed by atoms with Gasteiger partial charge in [-0.15, -0.1) is 0 Å². The largest absolute Gasteiger partial charge is 0.378 e. The van der Waals surface area contributed by atoms with Gasteiger partial charge in [-0.05, 0) is 37.5 Å². The number of fused-ring (bicyclic) bond motifs is 1. The van der Waals surface area contributed by atoms with Gasteiger partial charge in [-0.2, -0.15) is 0 Å². The van der Waals surface area contributed by atoms with Crippen LogP contribution < -0.4 is 20.7 Å². The quantitative estimate of drug-likeness (QED) is 0.564. The molecule has 1 amide bonds. The van der Waals surface area contributed by atoms with Crippen molar-refractivity contribution in [3.63, 3.8) is 0 Å². The molecule has 0 bridgehead atoms. The van der Waals surface area contributed by atoms with Crippen molar-refractivity contribution in [2.75, 3.05) is 30.4 Å². The second kappa shape index (κ2) is 9.42. The normalized spacial score (nSPS) is 16.1. The Morgan fingerprint density at radius 2 is 2.00 bits per heavy atom. The average Bonchev–Trinajstić information content (AvgIpc) is 3.44. The number of nitrogens with one attached hydrogen (secondary N) is 1. The van der Waals surface area contributed by atoms with Gasteiger partial charge in [-0.1, -0.05) is 23.5 Å². The summed E-state index contributed by atoms with van der Waals surface area (Å²) in [5.41, 5.74) is 1.55.